The number of hydrogen-bond donors (Lipinski definition) is 3. The van der Waals surface area contributed by atoms with Gasteiger partial charge in [0.2, 0.25) is 0 Å². The van der Waals surface area contributed by atoms with Gasteiger partial charge in [0.15, 0.2) is 0 Å². The minimum atomic E-state index is -4.37. The van der Waals surface area contributed by atoms with Crippen LogP contribution in [0.5, 0.6) is 5.75 Å². The van der Waals surface area contributed by atoms with E-state index in [1.54, 1.807) is 24.4 Å². The summed E-state index contributed by atoms with van der Waals surface area (Å²) in [6, 6.07) is 7.82. The fraction of sp³-hybridized carbons (Fsp3) is 0.353. The van der Waals surface area contributed by atoms with Crippen LogP contribution in [-0.4, -0.2) is 35.4 Å². The average molecular weight is 355 g/mol. The molecular weight excluding hydrogens is 335 g/mol. The fourth-order valence-electron chi connectivity index (χ4n) is 2.11. The molecule has 8 heteroatoms. The number of nitrogens with two attached hydrogens (primary N) is 1. The first-order valence-electron chi connectivity index (χ1n) is 7.69. The maximum absolute atomic E-state index is 12.7. The van der Waals surface area contributed by atoms with Gasteiger partial charge < -0.3 is 20.9 Å². The van der Waals surface area contributed by atoms with Crippen molar-refractivity contribution in [1.29, 1.82) is 0 Å². The summed E-state index contributed by atoms with van der Waals surface area (Å²) in [4.78, 5) is 3.89. The standard InChI is InChI=1S/C17H20F3N3O2/c18-17(19,20)13-4-1-3-12(7-13)8-23-10-16(24)15(21)11-25-14-5-2-6-22-9-14/h1-7,9,15-16,23-24H,8,10-11,21H2/t15-,16+/m0/s1. The van der Waals surface area contributed by atoms with E-state index >= 15 is 0 Å². The number of ether oxygens (including phenoxy) is 1. The molecule has 4 N–H and O–H groups in total. The Labute approximate surface area is 143 Å². The number of halogens is 3. The number of aromatic nitrogens is 1. The molecule has 5 nitrogen and oxygen atoms in total. The maximum Gasteiger partial charge on any atom is 0.416 e. The van der Waals surface area contributed by atoms with Crippen molar-refractivity contribution >= 4 is 0 Å². The molecule has 1 aromatic carbocycles. The second-order valence-electron chi connectivity index (χ2n) is 5.56. The van der Waals surface area contributed by atoms with E-state index in [2.05, 4.69) is 10.3 Å². The number of alkyl halides is 3. The Bertz CT molecular complexity index is 653. The van der Waals surface area contributed by atoms with Crippen molar-refractivity contribution in [3.63, 3.8) is 0 Å². The van der Waals surface area contributed by atoms with Crippen LogP contribution in [0.15, 0.2) is 48.8 Å². The first kappa shape index (κ1) is 19.2. The number of nitrogens with zero attached hydrogens (tertiary/aromatic N) is 1. The maximum atomic E-state index is 12.7. The highest BCUT2D eigenvalue weighted by Crippen LogP contribution is 2.29. The summed E-state index contributed by atoms with van der Waals surface area (Å²) < 4.78 is 43.4. The van der Waals surface area contributed by atoms with Gasteiger partial charge in [-0.2, -0.15) is 13.2 Å². The Morgan fingerprint density at radius 2 is 2.04 bits per heavy atom. The molecule has 0 saturated carbocycles. The molecule has 1 heterocycles. The monoisotopic (exact) mass is 355 g/mol. The van der Waals surface area contributed by atoms with Crippen LogP contribution in [-0.2, 0) is 12.7 Å². The largest absolute Gasteiger partial charge is 0.490 e. The van der Waals surface area contributed by atoms with Crippen molar-refractivity contribution < 1.29 is 23.0 Å². The topological polar surface area (TPSA) is 80.4 Å². The highest BCUT2D eigenvalue weighted by Gasteiger charge is 2.30. The predicted molar refractivity (Wildman–Crippen MR) is 86.9 cm³/mol. The van der Waals surface area contributed by atoms with E-state index < -0.39 is 23.9 Å². The second-order valence-corrected chi connectivity index (χ2v) is 5.56. The molecule has 0 spiro atoms. The van der Waals surface area contributed by atoms with Gasteiger partial charge in [-0.05, 0) is 23.8 Å². The van der Waals surface area contributed by atoms with Gasteiger partial charge in [0.05, 0.1) is 23.9 Å². The minimum absolute atomic E-state index is 0.0953. The zero-order valence-corrected chi connectivity index (χ0v) is 13.4. The molecule has 0 fully saturated rings. The van der Waals surface area contributed by atoms with E-state index in [1.807, 2.05) is 0 Å². The average Bonchev–Trinajstić information content (AvgIpc) is 2.60. The Morgan fingerprint density at radius 3 is 2.72 bits per heavy atom. The van der Waals surface area contributed by atoms with Crippen LogP contribution in [0.3, 0.4) is 0 Å². The lowest BCUT2D eigenvalue weighted by atomic mass is 10.1. The van der Waals surface area contributed by atoms with Crippen LogP contribution in [0.4, 0.5) is 13.2 Å². The molecular formula is C17H20F3N3O2. The molecule has 0 unspecified atom stereocenters. The van der Waals surface area contributed by atoms with Gasteiger partial charge in [-0.25, -0.2) is 0 Å². The number of aliphatic hydroxyl groups excluding tert-OH is 1. The number of rotatable bonds is 8. The van der Waals surface area contributed by atoms with E-state index in [9.17, 15) is 18.3 Å². The summed E-state index contributed by atoms with van der Waals surface area (Å²) in [5.41, 5.74) is 5.62. The molecule has 1 aromatic heterocycles. The van der Waals surface area contributed by atoms with Gasteiger partial charge in [0.25, 0.3) is 0 Å². The highest BCUT2D eigenvalue weighted by molar-refractivity contribution is 5.25. The van der Waals surface area contributed by atoms with Crippen molar-refractivity contribution in [3.8, 4) is 5.75 Å². The second kappa shape index (κ2) is 8.80. The quantitative estimate of drug-likeness (QED) is 0.675. The lowest BCUT2D eigenvalue weighted by molar-refractivity contribution is -0.137. The van der Waals surface area contributed by atoms with Crippen LogP contribution in [0.2, 0.25) is 0 Å². The highest BCUT2D eigenvalue weighted by atomic mass is 19.4. The van der Waals surface area contributed by atoms with Gasteiger partial charge in [-0.3, -0.25) is 4.98 Å². The van der Waals surface area contributed by atoms with E-state index in [1.165, 1.54) is 12.3 Å². The van der Waals surface area contributed by atoms with E-state index in [0.717, 1.165) is 12.1 Å². The minimum Gasteiger partial charge on any atom is -0.490 e. The first-order chi connectivity index (χ1) is 11.9. The number of pyridine rings is 1. The zero-order valence-electron chi connectivity index (χ0n) is 13.4. The van der Waals surface area contributed by atoms with Gasteiger partial charge in [-0.1, -0.05) is 18.2 Å². The molecule has 0 saturated heterocycles. The van der Waals surface area contributed by atoms with Crippen molar-refractivity contribution in [2.24, 2.45) is 5.73 Å². The Hall–Kier alpha value is -2.16. The third-order valence-corrected chi connectivity index (χ3v) is 3.51. The van der Waals surface area contributed by atoms with Crippen molar-refractivity contribution in [1.82, 2.24) is 10.3 Å². The van der Waals surface area contributed by atoms with Gasteiger partial charge in [0, 0.05) is 19.3 Å². The molecule has 0 amide bonds. The van der Waals surface area contributed by atoms with Crippen LogP contribution in [0.1, 0.15) is 11.1 Å². The van der Waals surface area contributed by atoms with Crippen molar-refractivity contribution in [2.75, 3.05) is 13.2 Å². The Kier molecular flexibility index (Phi) is 6.74. The third kappa shape index (κ3) is 6.33. The van der Waals surface area contributed by atoms with E-state index in [-0.39, 0.29) is 19.7 Å². The summed E-state index contributed by atoms with van der Waals surface area (Å²) in [5.74, 6) is 0.544. The summed E-state index contributed by atoms with van der Waals surface area (Å²) in [6.07, 6.45) is -2.13. The van der Waals surface area contributed by atoms with Crippen LogP contribution >= 0.6 is 0 Å². The first-order valence-corrected chi connectivity index (χ1v) is 7.69. The smallest absolute Gasteiger partial charge is 0.416 e. The van der Waals surface area contributed by atoms with Crippen LogP contribution < -0.4 is 15.8 Å². The number of benzene rings is 1. The summed E-state index contributed by atoms with van der Waals surface area (Å²) >= 11 is 0. The Balaban J connectivity index is 1.75. The molecule has 0 aliphatic heterocycles. The van der Waals surface area contributed by atoms with E-state index in [0.29, 0.717) is 11.3 Å². The molecule has 2 aromatic rings. The molecule has 0 aliphatic rings. The van der Waals surface area contributed by atoms with Crippen molar-refractivity contribution in [2.45, 2.75) is 24.9 Å². The predicted octanol–water partition coefficient (Wildman–Crippen LogP) is 1.96. The lowest BCUT2D eigenvalue weighted by Gasteiger charge is -2.20. The van der Waals surface area contributed by atoms with Gasteiger partial charge in [-0.15, -0.1) is 0 Å². The Morgan fingerprint density at radius 1 is 1.24 bits per heavy atom. The lowest BCUT2D eigenvalue weighted by Crippen LogP contribution is -2.45. The summed E-state index contributed by atoms with van der Waals surface area (Å²) in [7, 11) is 0. The molecule has 136 valence electrons. The summed E-state index contributed by atoms with van der Waals surface area (Å²) in [6.45, 7) is 0.420. The normalized spacial score (nSPS) is 14.1. The molecule has 0 aliphatic carbocycles. The van der Waals surface area contributed by atoms with Gasteiger partial charge in [0.1, 0.15) is 12.4 Å². The fourth-order valence-corrected chi connectivity index (χ4v) is 2.11. The van der Waals surface area contributed by atoms with Crippen LogP contribution in [0, 0.1) is 0 Å². The summed E-state index contributed by atoms with van der Waals surface area (Å²) in [5, 5.41) is 12.9. The molecule has 2 rings (SSSR count). The SMILES string of the molecule is N[C@@H](COc1cccnc1)[C@H](O)CNCc1cccc(C(F)(F)F)c1. The van der Waals surface area contributed by atoms with Crippen molar-refractivity contribution in [3.05, 3.63) is 59.9 Å². The van der Waals surface area contributed by atoms with E-state index in [4.69, 9.17) is 10.5 Å². The third-order valence-electron chi connectivity index (χ3n) is 3.51. The zero-order chi connectivity index (χ0) is 18.3. The van der Waals surface area contributed by atoms with Gasteiger partial charge >= 0.3 is 6.18 Å². The number of nitrogens with one attached hydrogen (secondary N) is 1. The van der Waals surface area contributed by atoms with Crippen LogP contribution in [0.25, 0.3) is 0 Å². The molecule has 2 atom stereocenters. The number of aliphatic hydroxyl groups is 1. The molecule has 0 bridgehead atoms. The molecule has 0 radical (unpaired) electrons. The number of hydrogen-bond acceptors (Lipinski definition) is 5. The molecule has 25 heavy (non-hydrogen) atoms.